The van der Waals surface area contributed by atoms with Crippen molar-refractivity contribution in [3.05, 3.63) is 82.7 Å². The van der Waals surface area contributed by atoms with E-state index in [0.29, 0.717) is 16.7 Å². The van der Waals surface area contributed by atoms with Crippen molar-refractivity contribution in [1.82, 2.24) is 19.9 Å². The molecule has 0 N–H and O–H groups in total. The van der Waals surface area contributed by atoms with Crippen molar-refractivity contribution < 1.29 is 26.8 Å². The molecule has 11 heteroatoms. The lowest BCUT2D eigenvalue weighted by Gasteiger charge is -2.16. The lowest BCUT2D eigenvalue weighted by Crippen LogP contribution is -2.29. The summed E-state index contributed by atoms with van der Waals surface area (Å²) in [6.07, 6.45) is 2.74. The van der Waals surface area contributed by atoms with Crippen LogP contribution >= 0.6 is 0 Å². The van der Waals surface area contributed by atoms with Crippen LogP contribution in [0.4, 0.5) is 8.78 Å². The molecule has 0 saturated carbocycles. The number of hydrogen-bond donors (Lipinski definition) is 0. The summed E-state index contributed by atoms with van der Waals surface area (Å²) < 4.78 is 53.8. The number of hydrogen-bond acceptors (Lipinski definition) is 6. The van der Waals surface area contributed by atoms with E-state index in [1.54, 1.807) is 24.3 Å². The van der Waals surface area contributed by atoms with Gasteiger partial charge in [0.2, 0.25) is 0 Å². The predicted molar refractivity (Wildman–Crippen MR) is 113 cm³/mol. The van der Waals surface area contributed by atoms with Gasteiger partial charge in [0.15, 0.2) is 9.84 Å². The summed E-state index contributed by atoms with van der Waals surface area (Å²) in [5, 5.41) is 7.78. The minimum Gasteiger partial charge on any atom is -0.269 e. The van der Waals surface area contributed by atoms with Crippen molar-refractivity contribution in [2.24, 2.45) is 0 Å². The molecule has 2 aromatic carbocycles. The fourth-order valence-electron chi connectivity index (χ4n) is 3.95. The van der Waals surface area contributed by atoms with Crippen molar-refractivity contribution in [3.63, 3.8) is 0 Å². The Morgan fingerprint density at radius 1 is 1.00 bits per heavy atom. The molecule has 3 heterocycles. The third-order valence-electron chi connectivity index (χ3n) is 5.62. The maximum atomic E-state index is 14.8. The Morgan fingerprint density at radius 2 is 1.64 bits per heavy atom. The zero-order valence-corrected chi connectivity index (χ0v) is 17.8. The molecule has 0 radical (unpaired) electrons. The van der Waals surface area contributed by atoms with Gasteiger partial charge in [-0.15, -0.1) is 5.10 Å². The standard InChI is InChI=1S/C22H16F2N4O4S/c23-18-9-15(10-19(24)20(18)13-5-7-33(31,32)8-6-13)28-12-14(25-26-28)11-27-21(29)16-3-1-2-4-17(16)22(27)30/h1-5,9-10,12H,6-8,11H2. The molecule has 0 atom stereocenters. The molecule has 2 aliphatic heterocycles. The van der Waals surface area contributed by atoms with Crippen LogP contribution in [0.15, 0.2) is 48.7 Å². The highest BCUT2D eigenvalue weighted by Crippen LogP contribution is 2.30. The van der Waals surface area contributed by atoms with E-state index >= 15 is 0 Å². The maximum Gasteiger partial charge on any atom is 0.261 e. The normalized spacial score (nSPS) is 17.3. The Balaban J connectivity index is 1.39. The molecule has 168 valence electrons. The van der Waals surface area contributed by atoms with Crippen molar-refractivity contribution in [2.45, 2.75) is 13.0 Å². The molecule has 0 spiro atoms. The molecule has 0 aliphatic carbocycles. The number of rotatable bonds is 4. The number of allylic oxidation sites excluding steroid dienone is 1. The molecule has 1 aromatic heterocycles. The molecular formula is C22H16F2N4O4S. The van der Waals surface area contributed by atoms with Crippen LogP contribution in [0.1, 0.15) is 38.4 Å². The second-order valence-corrected chi connectivity index (χ2v) is 10.0. The first kappa shape index (κ1) is 21.1. The fraction of sp³-hybridized carbons (Fsp3) is 0.182. The van der Waals surface area contributed by atoms with Crippen molar-refractivity contribution >= 4 is 27.2 Å². The van der Waals surface area contributed by atoms with Gasteiger partial charge >= 0.3 is 0 Å². The number of amides is 2. The molecule has 2 aliphatic rings. The van der Waals surface area contributed by atoms with Crippen LogP contribution in [-0.2, 0) is 16.4 Å². The van der Waals surface area contributed by atoms with Gasteiger partial charge in [0.1, 0.15) is 17.3 Å². The van der Waals surface area contributed by atoms with Crippen LogP contribution in [-0.4, -0.2) is 51.6 Å². The highest BCUT2D eigenvalue weighted by Gasteiger charge is 2.35. The number of halogens is 2. The number of imide groups is 1. The number of sulfone groups is 1. The van der Waals surface area contributed by atoms with Gasteiger partial charge in [-0.2, -0.15) is 0 Å². The second kappa shape index (κ2) is 7.69. The van der Waals surface area contributed by atoms with Crippen LogP contribution in [0.3, 0.4) is 0 Å². The molecule has 0 fully saturated rings. The largest absolute Gasteiger partial charge is 0.269 e. The summed E-state index contributed by atoms with van der Waals surface area (Å²) in [5.74, 6) is -3.03. The predicted octanol–water partition coefficient (Wildman–Crippen LogP) is 2.54. The Labute approximate surface area is 187 Å². The third kappa shape index (κ3) is 3.74. The molecule has 3 aromatic rings. The van der Waals surface area contributed by atoms with Crippen LogP contribution in [0.2, 0.25) is 0 Å². The first-order valence-corrected chi connectivity index (χ1v) is 11.8. The summed E-state index contributed by atoms with van der Waals surface area (Å²) >= 11 is 0. The van der Waals surface area contributed by atoms with Crippen LogP contribution in [0.5, 0.6) is 0 Å². The highest BCUT2D eigenvalue weighted by atomic mass is 32.2. The van der Waals surface area contributed by atoms with Crippen molar-refractivity contribution in [3.8, 4) is 5.69 Å². The van der Waals surface area contributed by atoms with E-state index in [2.05, 4.69) is 10.3 Å². The lowest BCUT2D eigenvalue weighted by atomic mass is 10.0. The van der Waals surface area contributed by atoms with Crippen molar-refractivity contribution in [1.29, 1.82) is 0 Å². The van der Waals surface area contributed by atoms with Gasteiger partial charge in [0.25, 0.3) is 11.8 Å². The van der Waals surface area contributed by atoms with Crippen molar-refractivity contribution in [2.75, 3.05) is 11.5 Å². The Bertz CT molecular complexity index is 1400. The first-order chi connectivity index (χ1) is 15.7. The molecule has 5 rings (SSSR count). The smallest absolute Gasteiger partial charge is 0.261 e. The van der Waals surface area contributed by atoms with E-state index in [1.165, 1.54) is 12.3 Å². The van der Waals surface area contributed by atoms with Crippen LogP contribution in [0.25, 0.3) is 11.3 Å². The molecule has 8 nitrogen and oxygen atoms in total. The molecule has 0 saturated heterocycles. The average Bonchev–Trinajstić information content (AvgIpc) is 3.34. The Morgan fingerprint density at radius 3 is 2.21 bits per heavy atom. The second-order valence-electron chi connectivity index (χ2n) is 7.77. The first-order valence-electron chi connectivity index (χ1n) is 9.99. The van der Waals surface area contributed by atoms with E-state index in [-0.39, 0.29) is 41.4 Å². The maximum absolute atomic E-state index is 14.8. The van der Waals surface area contributed by atoms with Gasteiger partial charge in [-0.3, -0.25) is 14.5 Å². The number of carbonyl (C=O) groups is 2. The van der Waals surface area contributed by atoms with Gasteiger partial charge in [0, 0.05) is 17.7 Å². The number of fused-ring (bicyclic) bond motifs is 1. The van der Waals surface area contributed by atoms with E-state index in [9.17, 15) is 26.8 Å². The summed E-state index contributed by atoms with van der Waals surface area (Å²) in [6.45, 7) is -0.142. The number of nitrogens with zero attached hydrogens (tertiary/aromatic N) is 4. The zero-order valence-electron chi connectivity index (χ0n) is 17.0. The Hall–Kier alpha value is -3.73. The molecule has 0 bridgehead atoms. The molecule has 0 unspecified atom stereocenters. The molecular weight excluding hydrogens is 454 g/mol. The average molecular weight is 470 g/mol. The summed E-state index contributed by atoms with van der Waals surface area (Å²) in [6, 6.07) is 8.61. The Kier molecular flexibility index (Phi) is 4.93. The number of carbonyl (C=O) groups excluding carboxylic acids is 2. The van der Waals surface area contributed by atoms with E-state index in [1.807, 2.05) is 0 Å². The minimum atomic E-state index is -3.23. The minimum absolute atomic E-state index is 0.0310. The summed E-state index contributed by atoms with van der Waals surface area (Å²) in [7, 11) is -3.23. The zero-order chi connectivity index (χ0) is 23.3. The third-order valence-corrected chi connectivity index (χ3v) is 7.12. The fourth-order valence-corrected chi connectivity index (χ4v) is 5.10. The van der Waals surface area contributed by atoms with Gasteiger partial charge in [-0.1, -0.05) is 23.4 Å². The topological polar surface area (TPSA) is 102 Å². The van der Waals surface area contributed by atoms with Gasteiger partial charge < -0.3 is 0 Å². The summed E-state index contributed by atoms with van der Waals surface area (Å²) in [5.41, 5.74) is 0.962. The number of aromatic nitrogens is 3. The van der Waals surface area contributed by atoms with E-state index in [0.717, 1.165) is 21.7 Å². The van der Waals surface area contributed by atoms with Gasteiger partial charge in [-0.05, 0) is 24.1 Å². The van der Waals surface area contributed by atoms with Gasteiger partial charge in [0.05, 0.1) is 41.1 Å². The monoisotopic (exact) mass is 470 g/mol. The van der Waals surface area contributed by atoms with Crippen LogP contribution < -0.4 is 0 Å². The summed E-state index contributed by atoms with van der Waals surface area (Å²) in [4.78, 5) is 26.1. The lowest BCUT2D eigenvalue weighted by molar-refractivity contribution is 0.0640. The quantitative estimate of drug-likeness (QED) is 0.543. The van der Waals surface area contributed by atoms with Crippen LogP contribution in [0, 0.1) is 11.6 Å². The highest BCUT2D eigenvalue weighted by molar-refractivity contribution is 7.91. The van der Waals surface area contributed by atoms with E-state index in [4.69, 9.17) is 0 Å². The molecule has 33 heavy (non-hydrogen) atoms. The SMILES string of the molecule is O=C1c2ccccc2C(=O)N1Cc1cn(-c2cc(F)c(C3=CCS(=O)(=O)CC3)c(F)c2)nn1. The van der Waals surface area contributed by atoms with Gasteiger partial charge in [-0.25, -0.2) is 21.9 Å². The molecule has 2 amide bonds. The van der Waals surface area contributed by atoms with E-state index < -0.39 is 33.3 Å². The number of benzene rings is 2.